The predicted octanol–water partition coefficient (Wildman–Crippen LogP) is 3.74. The van der Waals surface area contributed by atoms with Crippen LogP contribution in [-0.4, -0.2) is 5.78 Å². The molecule has 2 aromatic rings. The molecular weight excluding hydrogens is 214 g/mol. The second-order valence-electron chi connectivity index (χ2n) is 3.99. The van der Waals surface area contributed by atoms with Crippen LogP contribution in [0.5, 0.6) is 11.5 Å². The van der Waals surface area contributed by atoms with E-state index in [1.165, 1.54) is 0 Å². The third-order valence-electron chi connectivity index (χ3n) is 2.76. The number of hydrogen-bond donors (Lipinski definition) is 1. The topological polar surface area (TPSA) is 38.3 Å². The van der Waals surface area contributed by atoms with Crippen LogP contribution in [0.1, 0.15) is 17.3 Å². The van der Waals surface area contributed by atoms with E-state index in [0.29, 0.717) is 11.3 Å². The van der Waals surface area contributed by atoms with Gasteiger partial charge in [0.25, 0.3) is 0 Å². The summed E-state index contributed by atoms with van der Waals surface area (Å²) in [6.07, 6.45) is 0. The van der Waals surface area contributed by atoms with Gasteiger partial charge in [0, 0.05) is 5.56 Å². The van der Waals surface area contributed by atoms with Gasteiger partial charge < -0.3 is 10.1 Å². The van der Waals surface area contributed by atoms with Crippen molar-refractivity contribution in [1.29, 1.82) is 0 Å². The van der Waals surface area contributed by atoms with Gasteiger partial charge in [-0.2, -0.15) is 0 Å². The average molecular weight is 225 g/mol. The van der Waals surface area contributed by atoms with Crippen molar-refractivity contribution in [2.75, 3.05) is 5.32 Å². The van der Waals surface area contributed by atoms with Gasteiger partial charge in [0.05, 0.1) is 11.4 Å². The SMILES string of the molecule is CC(=O)c1ccc2c(c1)Oc1ccccc1N2. The first kappa shape index (κ1) is 9.90. The normalized spacial score (nSPS) is 11.8. The fourth-order valence-electron chi connectivity index (χ4n) is 1.85. The summed E-state index contributed by atoms with van der Waals surface area (Å²) >= 11 is 0. The van der Waals surface area contributed by atoms with Crippen LogP contribution >= 0.6 is 0 Å². The predicted molar refractivity (Wildman–Crippen MR) is 66.2 cm³/mol. The lowest BCUT2D eigenvalue weighted by Crippen LogP contribution is -2.03. The molecule has 0 unspecified atom stereocenters. The van der Waals surface area contributed by atoms with Crippen molar-refractivity contribution in [3.8, 4) is 11.5 Å². The second-order valence-corrected chi connectivity index (χ2v) is 3.99. The molecule has 3 nitrogen and oxygen atoms in total. The Labute approximate surface area is 99.0 Å². The molecular formula is C14H11NO2. The molecule has 17 heavy (non-hydrogen) atoms. The maximum Gasteiger partial charge on any atom is 0.159 e. The van der Waals surface area contributed by atoms with E-state index in [0.717, 1.165) is 17.1 Å². The Hall–Kier alpha value is -2.29. The van der Waals surface area contributed by atoms with Crippen LogP contribution in [0, 0.1) is 0 Å². The molecule has 2 aromatic carbocycles. The molecule has 1 aliphatic rings. The van der Waals surface area contributed by atoms with Crippen LogP contribution < -0.4 is 10.1 Å². The maximum atomic E-state index is 11.3. The van der Waals surface area contributed by atoms with Crippen molar-refractivity contribution in [1.82, 2.24) is 0 Å². The van der Waals surface area contributed by atoms with Crippen molar-refractivity contribution < 1.29 is 9.53 Å². The van der Waals surface area contributed by atoms with Crippen LogP contribution in [0.25, 0.3) is 0 Å². The first-order valence-electron chi connectivity index (χ1n) is 5.43. The van der Waals surface area contributed by atoms with Crippen LogP contribution in [0.15, 0.2) is 42.5 Å². The third kappa shape index (κ3) is 1.65. The molecule has 1 heterocycles. The summed E-state index contributed by atoms with van der Waals surface area (Å²) in [6.45, 7) is 1.55. The maximum absolute atomic E-state index is 11.3. The number of nitrogens with one attached hydrogen (secondary N) is 1. The number of carbonyl (C=O) groups excluding carboxylic acids is 1. The minimum atomic E-state index is 0.0373. The van der Waals surface area contributed by atoms with Crippen molar-refractivity contribution >= 4 is 17.2 Å². The highest BCUT2D eigenvalue weighted by Crippen LogP contribution is 2.41. The van der Waals surface area contributed by atoms with E-state index in [1.807, 2.05) is 30.3 Å². The zero-order valence-corrected chi connectivity index (χ0v) is 9.36. The van der Waals surface area contributed by atoms with E-state index in [2.05, 4.69) is 5.32 Å². The number of hydrogen-bond acceptors (Lipinski definition) is 3. The Morgan fingerprint density at radius 1 is 1.06 bits per heavy atom. The highest BCUT2D eigenvalue weighted by molar-refractivity contribution is 5.95. The lowest BCUT2D eigenvalue weighted by molar-refractivity contribution is 0.101. The van der Waals surface area contributed by atoms with E-state index in [1.54, 1.807) is 19.1 Å². The monoisotopic (exact) mass is 225 g/mol. The summed E-state index contributed by atoms with van der Waals surface area (Å²) in [4.78, 5) is 11.3. The van der Waals surface area contributed by atoms with Gasteiger partial charge in [0.15, 0.2) is 17.3 Å². The number of benzene rings is 2. The number of para-hydroxylation sites is 2. The summed E-state index contributed by atoms with van der Waals surface area (Å²) in [5.74, 6) is 1.51. The summed E-state index contributed by atoms with van der Waals surface area (Å²) < 4.78 is 5.75. The number of ether oxygens (including phenoxy) is 1. The molecule has 0 spiro atoms. The van der Waals surface area contributed by atoms with Crippen LogP contribution in [0.4, 0.5) is 11.4 Å². The number of ketones is 1. The van der Waals surface area contributed by atoms with Gasteiger partial charge in [-0.05, 0) is 37.3 Å². The van der Waals surface area contributed by atoms with E-state index in [-0.39, 0.29) is 5.78 Å². The lowest BCUT2D eigenvalue weighted by Gasteiger charge is -2.21. The first-order chi connectivity index (χ1) is 8.24. The Bertz CT molecular complexity index is 605. The second kappa shape index (κ2) is 3.63. The van der Waals surface area contributed by atoms with Gasteiger partial charge in [-0.3, -0.25) is 4.79 Å². The standard InChI is InChI=1S/C14H11NO2/c1-9(16)10-6-7-12-14(8-10)17-13-5-3-2-4-11(13)15-12/h2-8,15H,1H3. The molecule has 0 aromatic heterocycles. The number of Topliss-reactive ketones (excluding diaryl/α,β-unsaturated/α-hetero) is 1. The zero-order chi connectivity index (χ0) is 11.8. The molecule has 1 N–H and O–H groups in total. The van der Waals surface area contributed by atoms with Crippen molar-refractivity contribution in [3.63, 3.8) is 0 Å². The minimum Gasteiger partial charge on any atom is -0.453 e. The molecule has 0 aliphatic carbocycles. The Balaban J connectivity index is 2.06. The minimum absolute atomic E-state index is 0.0373. The molecule has 0 saturated heterocycles. The summed E-state index contributed by atoms with van der Waals surface area (Å²) in [7, 11) is 0. The van der Waals surface area contributed by atoms with Crippen molar-refractivity contribution in [3.05, 3.63) is 48.0 Å². The van der Waals surface area contributed by atoms with Crippen LogP contribution in [0.3, 0.4) is 0 Å². The molecule has 0 saturated carbocycles. The molecule has 0 radical (unpaired) electrons. The summed E-state index contributed by atoms with van der Waals surface area (Å²) in [5.41, 5.74) is 2.48. The summed E-state index contributed by atoms with van der Waals surface area (Å²) in [6, 6.07) is 13.1. The quantitative estimate of drug-likeness (QED) is 0.641. The fourth-order valence-corrected chi connectivity index (χ4v) is 1.85. The lowest BCUT2D eigenvalue weighted by atomic mass is 10.1. The molecule has 3 heteroatoms. The van der Waals surface area contributed by atoms with E-state index >= 15 is 0 Å². The number of fused-ring (bicyclic) bond motifs is 2. The fraction of sp³-hybridized carbons (Fsp3) is 0.0714. The molecule has 0 fully saturated rings. The Morgan fingerprint density at radius 2 is 1.82 bits per heavy atom. The molecule has 84 valence electrons. The molecule has 0 bridgehead atoms. The smallest absolute Gasteiger partial charge is 0.159 e. The van der Waals surface area contributed by atoms with E-state index in [9.17, 15) is 4.79 Å². The Kier molecular flexibility index (Phi) is 2.11. The van der Waals surface area contributed by atoms with Gasteiger partial charge in [0.2, 0.25) is 0 Å². The molecule has 3 rings (SSSR count). The van der Waals surface area contributed by atoms with Gasteiger partial charge in [-0.1, -0.05) is 12.1 Å². The highest BCUT2D eigenvalue weighted by Gasteiger charge is 2.16. The average Bonchev–Trinajstić information content (AvgIpc) is 2.35. The highest BCUT2D eigenvalue weighted by atomic mass is 16.5. The zero-order valence-electron chi connectivity index (χ0n) is 9.36. The third-order valence-corrected chi connectivity index (χ3v) is 2.76. The van der Waals surface area contributed by atoms with Gasteiger partial charge >= 0.3 is 0 Å². The number of carbonyl (C=O) groups is 1. The summed E-state index contributed by atoms with van der Waals surface area (Å²) in [5, 5.41) is 3.27. The van der Waals surface area contributed by atoms with Gasteiger partial charge in [-0.15, -0.1) is 0 Å². The van der Waals surface area contributed by atoms with Crippen molar-refractivity contribution in [2.24, 2.45) is 0 Å². The van der Waals surface area contributed by atoms with Crippen molar-refractivity contribution in [2.45, 2.75) is 6.92 Å². The largest absolute Gasteiger partial charge is 0.453 e. The van der Waals surface area contributed by atoms with Crippen LogP contribution in [0.2, 0.25) is 0 Å². The first-order valence-corrected chi connectivity index (χ1v) is 5.43. The van der Waals surface area contributed by atoms with E-state index < -0.39 is 0 Å². The van der Waals surface area contributed by atoms with Gasteiger partial charge in [0.1, 0.15) is 0 Å². The number of anilines is 2. The molecule has 0 amide bonds. The Morgan fingerprint density at radius 3 is 2.65 bits per heavy atom. The molecule has 0 atom stereocenters. The van der Waals surface area contributed by atoms with Crippen LogP contribution in [-0.2, 0) is 0 Å². The number of rotatable bonds is 1. The van der Waals surface area contributed by atoms with Gasteiger partial charge in [-0.25, -0.2) is 0 Å². The molecule has 1 aliphatic heterocycles. The van der Waals surface area contributed by atoms with E-state index in [4.69, 9.17) is 4.74 Å².